The number of thiazole rings is 1. The summed E-state index contributed by atoms with van der Waals surface area (Å²) in [5.41, 5.74) is 1.54. The van der Waals surface area contributed by atoms with Crippen LogP contribution in [0.2, 0.25) is 5.02 Å². The molecule has 5 rings (SSSR count). The first-order valence-electron chi connectivity index (χ1n) is 12.2. The number of fused-ring (bicyclic) bond motifs is 1. The third-order valence-corrected chi connectivity index (χ3v) is 7.63. The van der Waals surface area contributed by atoms with Crippen molar-refractivity contribution in [2.24, 2.45) is 4.99 Å². The van der Waals surface area contributed by atoms with Crippen LogP contribution in [0.1, 0.15) is 41.6 Å². The first-order valence-corrected chi connectivity index (χ1v) is 13.4. The lowest BCUT2D eigenvalue weighted by molar-refractivity contribution is -0.139. The molecular weight excluding hydrogens is 556 g/mol. The van der Waals surface area contributed by atoms with Crippen LogP contribution in [0.15, 0.2) is 80.1 Å². The molecule has 0 unspecified atom stereocenters. The fourth-order valence-electron chi connectivity index (χ4n) is 4.53. The van der Waals surface area contributed by atoms with E-state index in [1.807, 2.05) is 12.1 Å². The minimum atomic E-state index is -1.13. The van der Waals surface area contributed by atoms with E-state index >= 15 is 0 Å². The van der Waals surface area contributed by atoms with Gasteiger partial charge in [-0.15, -0.1) is 0 Å². The average Bonchev–Trinajstić information content (AvgIpc) is 3.52. The summed E-state index contributed by atoms with van der Waals surface area (Å²) in [4.78, 5) is 43.1. The topological polar surface area (TPSA) is 120 Å². The lowest BCUT2D eigenvalue weighted by Crippen LogP contribution is -2.40. The summed E-state index contributed by atoms with van der Waals surface area (Å²) in [5, 5.41) is 9.30. The van der Waals surface area contributed by atoms with E-state index in [9.17, 15) is 19.5 Å². The van der Waals surface area contributed by atoms with Gasteiger partial charge in [0.05, 0.1) is 40.1 Å². The van der Waals surface area contributed by atoms with Crippen LogP contribution >= 0.6 is 22.9 Å². The number of hydrogen-bond acceptors (Lipinski definition) is 8. The zero-order valence-electron chi connectivity index (χ0n) is 21.6. The number of hydrogen-bond donors (Lipinski definition) is 1. The molecule has 204 valence electrons. The summed E-state index contributed by atoms with van der Waals surface area (Å²) >= 11 is 7.28. The summed E-state index contributed by atoms with van der Waals surface area (Å²) in [6.45, 7) is 3.60. The maximum Gasteiger partial charge on any atom is 0.338 e. The second-order valence-electron chi connectivity index (χ2n) is 8.75. The highest BCUT2D eigenvalue weighted by atomic mass is 35.5. The van der Waals surface area contributed by atoms with Gasteiger partial charge in [-0.1, -0.05) is 47.2 Å². The number of rotatable bonds is 7. The zero-order valence-corrected chi connectivity index (χ0v) is 23.2. The normalized spacial score (nSPS) is 15.0. The molecule has 0 fully saturated rings. The number of carboxylic acids is 1. The van der Waals surface area contributed by atoms with Crippen LogP contribution in [0.3, 0.4) is 0 Å². The van der Waals surface area contributed by atoms with Crippen LogP contribution in [0.5, 0.6) is 5.75 Å². The van der Waals surface area contributed by atoms with Gasteiger partial charge in [-0.05, 0) is 44.2 Å². The summed E-state index contributed by atoms with van der Waals surface area (Å²) in [7, 11) is 1.53. The molecule has 1 aliphatic rings. The van der Waals surface area contributed by atoms with Gasteiger partial charge in [0.15, 0.2) is 4.80 Å². The van der Waals surface area contributed by atoms with Crippen LogP contribution in [-0.2, 0) is 9.53 Å². The van der Waals surface area contributed by atoms with E-state index in [-0.39, 0.29) is 28.3 Å². The van der Waals surface area contributed by atoms with Crippen molar-refractivity contribution in [3.05, 3.63) is 107 Å². The monoisotopic (exact) mass is 578 g/mol. The van der Waals surface area contributed by atoms with Gasteiger partial charge in [0.25, 0.3) is 5.56 Å². The number of nitrogens with zero attached hydrogens (tertiary/aromatic N) is 2. The van der Waals surface area contributed by atoms with Crippen LogP contribution in [0.4, 0.5) is 0 Å². The zero-order chi connectivity index (χ0) is 28.6. The maximum atomic E-state index is 13.8. The van der Waals surface area contributed by atoms with E-state index in [1.54, 1.807) is 50.3 Å². The lowest BCUT2D eigenvalue weighted by Gasteiger charge is -2.25. The maximum absolute atomic E-state index is 13.8. The molecule has 9 nitrogen and oxygen atoms in total. The van der Waals surface area contributed by atoms with Gasteiger partial charge in [-0.25, -0.2) is 14.6 Å². The lowest BCUT2D eigenvalue weighted by atomic mass is 9.95. The van der Waals surface area contributed by atoms with E-state index in [4.69, 9.17) is 25.5 Å². The Labute approximate surface area is 236 Å². The third kappa shape index (κ3) is 4.87. The predicted octanol–water partition coefficient (Wildman–Crippen LogP) is 4.42. The van der Waals surface area contributed by atoms with Gasteiger partial charge in [0.1, 0.15) is 23.3 Å². The molecule has 0 bridgehead atoms. The number of allylic oxidation sites excluding steroid dienone is 1. The number of methoxy groups -OCH3 is 1. The Bertz CT molecular complexity index is 1870. The number of aromatic nitrogens is 1. The molecule has 0 saturated carbocycles. The Morgan fingerprint density at radius 3 is 2.67 bits per heavy atom. The number of carbonyl (C=O) groups is 2. The van der Waals surface area contributed by atoms with Gasteiger partial charge in [0, 0.05) is 17.2 Å². The summed E-state index contributed by atoms with van der Waals surface area (Å²) in [5.74, 6) is -0.321. The number of carbonyl (C=O) groups excluding carboxylic acids is 1. The van der Waals surface area contributed by atoms with Crippen molar-refractivity contribution in [1.82, 2.24) is 4.57 Å². The summed E-state index contributed by atoms with van der Waals surface area (Å²) in [6.07, 6.45) is 1.60. The molecule has 0 spiro atoms. The van der Waals surface area contributed by atoms with Crippen molar-refractivity contribution < 1.29 is 28.6 Å². The molecule has 11 heteroatoms. The highest BCUT2D eigenvalue weighted by molar-refractivity contribution is 7.07. The van der Waals surface area contributed by atoms with Gasteiger partial charge < -0.3 is 19.0 Å². The Hall–Kier alpha value is -4.41. The van der Waals surface area contributed by atoms with E-state index in [1.165, 1.54) is 35.1 Å². The summed E-state index contributed by atoms with van der Waals surface area (Å²) in [6, 6.07) is 14.3. The first kappa shape index (κ1) is 27.2. The Morgan fingerprint density at radius 2 is 1.98 bits per heavy atom. The number of ether oxygens (including phenoxy) is 2. The second kappa shape index (κ2) is 11.0. The second-order valence-corrected chi connectivity index (χ2v) is 10.2. The van der Waals surface area contributed by atoms with Gasteiger partial charge in [0.2, 0.25) is 0 Å². The molecule has 1 aliphatic heterocycles. The Balaban J connectivity index is 1.62. The van der Waals surface area contributed by atoms with Gasteiger partial charge >= 0.3 is 11.9 Å². The fourth-order valence-corrected chi connectivity index (χ4v) is 5.82. The van der Waals surface area contributed by atoms with E-state index in [0.717, 1.165) is 0 Å². The largest absolute Gasteiger partial charge is 0.496 e. The van der Waals surface area contributed by atoms with Crippen LogP contribution < -0.4 is 19.6 Å². The SMILES string of the molecule is CCOC(=O)C1=C(C)N=c2s/c(=C\c3ccc(-c4ccc(C(=O)O)c(Cl)c4)o3)c(=O)n2[C@H]1c1ccccc1OC. The highest BCUT2D eigenvalue weighted by Crippen LogP contribution is 2.35. The van der Waals surface area contributed by atoms with Crippen molar-refractivity contribution >= 4 is 41.0 Å². The first-order chi connectivity index (χ1) is 19.2. The molecule has 40 heavy (non-hydrogen) atoms. The molecule has 0 aliphatic carbocycles. The van der Waals surface area contributed by atoms with Crippen molar-refractivity contribution in [3.8, 4) is 17.1 Å². The standard InChI is InChI=1S/C29H23ClN2O7S/c1-4-38-28(36)24-15(2)31-29-32(25(24)19-7-5-6-8-22(19)37-3)26(33)23(40-29)14-17-10-12-21(39-17)16-9-11-18(27(34)35)20(30)13-16/h5-14,25H,4H2,1-3H3,(H,34,35)/b23-14-/t25-/m0/s1. The molecule has 4 aromatic rings. The average molecular weight is 579 g/mol. The van der Waals surface area contributed by atoms with Crippen LogP contribution in [0.25, 0.3) is 17.4 Å². The fraction of sp³-hybridized carbons (Fsp3) is 0.172. The van der Waals surface area contributed by atoms with Crippen LogP contribution in [-0.4, -0.2) is 35.3 Å². The number of aromatic carboxylic acids is 1. The highest BCUT2D eigenvalue weighted by Gasteiger charge is 2.35. The van der Waals surface area contributed by atoms with Crippen molar-refractivity contribution in [1.29, 1.82) is 0 Å². The molecule has 1 N–H and O–H groups in total. The van der Waals surface area contributed by atoms with E-state index in [2.05, 4.69) is 4.99 Å². The molecule has 3 heterocycles. The molecule has 0 saturated heterocycles. The van der Waals surface area contributed by atoms with Gasteiger partial charge in [-0.3, -0.25) is 9.36 Å². The number of benzene rings is 2. The Kier molecular flexibility index (Phi) is 7.46. The molecule has 2 aromatic carbocycles. The van der Waals surface area contributed by atoms with Crippen molar-refractivity contribution in [2.45, 2.75) is 19.9 Å². The number of furan rings is 1. The number of esters is 1. The predicted molar refractivity (Wildman–Crippen MR) is 150 cm³/mol. The van der Waals surface area contributed by atoms with Crippen molar-refractivity contribution in [3.63, 3.8) is 0 Å². The molecule has 0 amide bonds. The smallest absolute Gasteiger partial charge is 0.338 e. The van der Waals surface area contributed by atoms with E-state index in [0.29, 0.717) is 43.4 Å². The molecule has 1 atom stereocenters. The van der Waals surface area contributed by atoms with E-state index < -0.39 is 18.0 Å². The molecule has 2 aromatic heterocycles. The quantitative estimate of drug-likeness (QED) is 0.322. The van der Waals surface area contributed by atoms with Crippen molar-refractivity contribution in [2.75, 3.05) is 13.7 Å². The third-order valence-electron chi connectivity index (χ3n) is 6.33. The minimum absolute atomic E-state index is 0.0135. The van der Waals surface area contributed by atoms with Crippen LogP contribution in [0, 0.1) is 0 Å². The molecule has 0 radical (unpaired) electrons. The summed E-state index contributed by atoms with van der Waals surface area (Å²) < 4.78 is 18.7. The number of para-hydroxylation sites is 1. The molecular formula is C29H23ClN2O7S. The number of carboxylic acid groups (broad SMARTS) is 1. The number of halogens is 1. The van der Waals surface area contributed by atoms with Gasteiger partial charge in [-0.2, -0.15) is 0 Å². The minimum Gasteiger partial charge on any atom is -0.496 e. The Morgan fingerprint density at radius 1 is 1.20 bits per heavy atom.